The average Bonchev–Trinajstić information content (AvgIpc) is 3.13. The number of rotatable bonds is 6. The number of nitrogens with zero attached hydrogens (tertiary/aromatic N) is 2. The number of fused-ring (bicyclic) bond motifs is 1. The Hall–Kier alpha value is -3.64. The SMILES string of the molecule is CN(C)/C=C/c1c(C(=O)c2ccccc2)c2ccccc2n1S(=O)(=O)c1ccccc1. The second-order valence-electron chi connectivity index (χ2n) is 7.33. The molecule has 0 aliphatic heterocycles. The Morgan fingerprint density at radius 1 is 0.839 bits per heavy atom. The van der Waals surface area contributed by atoms with Crippen LogP contribution < -0.4 is 0 Å². The minimum absolute atomic E-state index is 0.161. The fourth-order valence-electron chi connectivity index (χ4n) is 3.53. The maximum Gasteiger partial charge on any atom is 0.268 e. The molecule has 0 amide bonds. The molecule has 1 heterocycles. The van der Waals surface area contributed by atoms with Crippen LogP contribution >= 0.6 is 0 Å². The highest BCUT2D eigenvalue weighted by molar-refractivity contribution is 7.90. The summed E-state index contributed by atoms with van der Waals surface area (Å²) in [6, 6.07) is 24.2. The van der Waals surface area contributed by atoms with Gasteiger partial charge in [-0.1, -0.05) is 66.7 Å². The summed E-state index contributed by atoms with van der Waals surface area (Å²) in [5.74, 6) is -0.225. The summed E-state index contributed by atoms with van der Waals surface area (Å²) in [7, 11) is -0.262. The number of ketones is 1. The van der Waals surface area contributed by atoms with Crippen molar-refractivity contribution < 1.29 is 13.2 Å². The van der Waals surface area contributed by atoms with Crippen LogP contribution in [0.3, 0.4) is 0 Å². The van der Waals surface area contributed by atoms with Crippen molar-refractivity contribution >= 4 is 32.8 Å². The molecule has 0 fully saturated rings. The van der Waals surface area contributed by atoms with Crippen molar-refractivity contribution in [2.75, 3.05) is 14.1 Å². The lowest BCUT2D eigenvalue weighted by Crippen LogP contribution is -2.16. The van der Waals surface area contributed by atoms with Crippen LogP contribution in [0.4, 0.5) is 0 Å². The van der Waals surface area contributed by atoms with Gasteiger partial charge in [0.25, 0.3) is 10.0 Å². The molecule has 3 aromatic carbocycles. The summed E-state index contributed by atoms with van der Waals surface area (Å²) in [4.78, 5) is 15.5. The molecule has 0 atom stereocenters. The molecule has 156 valence electrons. The van der Waals surface area contributed by atoms with E-state index >= 15 is 0 Å². The van der Waals surface area contributed by atoms with Gasteiger partial charge in [-0.25, -0.2) is 12.4 Å². The van der Waals surface area contributed by atoms with Gasteiger partial charge in [0.05, 0.1) is 21.7 Å². The highest BCUT2D eigenvalue weighted by Gasteiger charge is 2.29. The zero-order valence-corrected chi connectivity index (χ0v) is 18.1. The van der Waals surface area contributed by atoms with E-state index in [1.165, 1.54) is 3.97 Å². The third kappa shape index (κ3) is 3.78. The van der Waals surface area contributed by atoms with Crippen molar-refractivity contribution in [3.63, 3.8) is 0 Å². The Morgan fingerprint density at radius 2 is 1.42 bits per heavy atom. The van der Waals surface area contributed by atoms with Crippen LogP contribution in [0.1, 0.15) is 21.6 Å². The maximum absolute atomic E-state index is 13.7. The molecule has 4 rings (SSSR count). The first-order chi connectivity index (χ1) is 14.9. The molecule has 4 aromatic rings. The predicted molar refractivity (Wildman–Crippen MR) is 124 cm³/mol. The van der Waals surface area contributed by atoms with Gasteiger partial charge in [-0.3, -0.25) is 4.79 Å². The van der Waals surface area contributed by atoms with Gasteiger partial charge >= 0.3 is 0 Å². The molecule has 6 heteroatoms. The van der Waals surface area contributed by atoms with E-state index in [1.807, 2.05) is 26.2 Å². The lowest BCUT2D eigenvalue weighted by atomic mass is 10.00. The molecule has 0 bridgehead atoms. The number of hydrogen-bond acceptors (Lipinski definition) is 4. The molecular formula is C25H22N2O3S. The van der Waals surface area contributed by atoms with Gasteiger partial charge in [0.1, 0.15) is 0 Å². The minimum Gasteiger partial charge on any atom is -0.383 e. The molecule has 0 saturated heterocycles. The Labute approximate surface area is 181 Å². The average molecular weight is 431 g/mol. The minimum atomic E-state index is -3.94. The smallest absolute Gasteiger partial charge is 0.268 e. The normalized spacial score (nSPS) is 11.8. The Morgan fingerprint density at radius 3 is 2.06 bits per heavy atom. The van der Waals surface area contributed by atoms with Gasteiger partial charge in [0, 0.05) is 31.2 Å². The van der Waals surface area contributed by atoms with Crippen LogP contribution in [0, 0.1) is 0 Å². The fourth-order valence-corrected chi connectivity index (χ4v) is 5.07. The topological polar surface area (TPSA) is 59.4 Å². The van der Waals surface area contributed by atoms with Crippen molar-refractivity contribution in [1.82, 2.24) is 8.87 Å². The van der Waals surface area contributed by atoms with Gasteiger partial charge in [-0.2, -0.15) is 0 Å². The van der Waals surface area contributed by atoms with Crippen LogP contribution in [-0.4, -0.2) is 37.2 Å². The summed E-state index contributed by atoms with van der Waals surface area (Å²) in [6.45, 7) is 0. The number of aromatic nitrogens is 1. The van der Waals surface area contributed by atoms with E-state index in [-0.39, 0.29) is 10.7 Å². The zero-order valence-electron chi connectivity index (χ0n) is 17.3. The van der Waals surface area contributed by atoms with Crippen molar-refractivity contribution in [2.24, 2.45) is 0 Å². The largest absolute Gasteiger partial charge is 0.383 e. The second-order valence-corrected chi connectivity index (χ2v) is 9.12. The van der Waals surface area contributed by atoms with Crippen molar-refractivity contribution in [3.8, 4) is 0 Å². The van der Waals surface area contributed by atoms with Crippen molar-refractivity contribution in [3.05, 3.63) is 108 Å². The van der Waals surface area contributed by atoms with E-state index in [0.29, 0.717) is 27.7 Å². The molecule has 31 heavy (non-hydrogen) atoms. The zero-order chi connectivity index (χ0) is 22.0. The van der Waals surface area contributed by atoms with Crippen LogP contribution in [0.2, 0.25) is 0 Å². The van der Waals surface area contributed by atoms with Crippen LogP contribution in [-0.2, 0) is 10.0 Å². The molecule has 0 saturated carbocycles. The molecule has 0 aliphatic carbocycles. The summed E-state index contributed by atoms with van der Waals surface area (Å²) < 4.78 is 28.7. The molecule has 0 aliphatic rings. The van der Waals surface area contributed by atoms with Crippen LogP contribution in [0.15, 0.2) is 96.0 Å². The van der Waals surface area contributed by atoms with Gasteiger partial charge in [-0.15, -0.1) is 0 Å². The summed E-state index contributed by atoms with van der Waals surface area (Å²) in [5.41, 5.74) is 1.65. The third-order valence-corrected chi connectivity index (χ3v) is 6.68. The molecule has 0 spiro atoms. The van der Waals surface area contributed by atoms with E-state index in [0.717, 1.165) is 0 Å². The van der Waals surface area contributed by atoms with Crippen molar-refractivity contribution in [1.29, 1.82) is 0 Å². The van der Waals surface area contributed by atoms with E-state index in [2.05, 4.69) is 0 Å². The van der Waals surface area contributed by atoms with E-state index < -0.39 is 10.0 Å². The van der Waals surface area contributed by atoms with Gasteiger partial charge in [-0.05, 0) is 24.3 Å². The molecular weight excluding hydrogens is 408 g/mol. The number of carbonyl (C=O) groups excluding carboxylic acids is 1. The molecule has 0 radical (unpaired) electrons. The van der Waals surface area contributed by atoms with Crippen LogP contribution in [0.25, 0.3) is 17.0 Å². The number of benzene rings is 3. The van der Waals surface area contributed by atoms with Gasteiger partial charge in [0.2, 0.25) is 0 Å². The molecule has 1 aromatic heterocycles. The number of carbonyl (C=O) groups is 1. The second kappa shape index (κ2) is 8.24. The summed E-state index contributed by atoms with van der Waals surface area (Å²) in [5, 5.41) is 0.592. The fraction of sp³-hybridized carbons (Fsp3) is 0.0800. The summed E-state index contributed by atoms with van der Waals surface area (Å²) in [6.07, 6.45) is 3.42. The van der Waals surface area contributed by atoms with Crippen LogP contribution in [0.5, 0.6) is 0 Å². The highest BCUT2D eigenvalue weighted by atomic mass is 32.2. The molecule has 5 nitrogen and oxygen atoms in total. The van der Waals surface area contributed by atoms with E-state index in [9.17, 15) is 13.2 Å². The Kier molecular flexibility index (Phi) is 5.48. The number of hydrogen-bond donors (Lipinski definition) is 0. The predicted octanol–water partition coefficient (Wildman–Crippen LogP) is 4.64. The maximum atomic E-state index is 13.7. The number of para-hydroxylation sites is 1. The Bertz CT molecular complexity index is 1370. The first kappa shape index (κ1) is 20.6. The lowest BCUT2D eigenvalue weighted by molar-refractivity contribution is 0.104. The van der Waals surface area contributed by atoms with E-state index in [4.69, 9.17) is 0 Å². The van der Waals surface area contributed by atoms with E-state index in [1.54, 1.807) is 90.0 Å². The standard InChI is InChI=1S/C25H22N2O3S/c1-26(2)18-17-23-24(25(28)19-11-5-3-6-12-19)21-15-9-10-16-22(21)27(23)31(29,30)20-13-7-4-8-14-20/h3-18H,1-2H3/b18-17+. The van der Waals surface area contributed by atoms with Crippen molar-refractivity contribution in [2.45, 2.75) is 4.90 Å². The monoisotopic (exact) mass is 430 g/mol. The molecule has 0 unspecified atom stereocenters. The quantitative estimate of drug-likeness (QED) is 0.418. The van der Waals surface area contributed by atoms with Gasteiger partial charge in [0.15, 0.2) is 5.78 Å². The first-order valence-corrected chi connectivity index (χ1v) is 11.2. The summed E-state index contributed by atoms with van der Waals surface area (Å²) >= 11 is 0. The lowest BCUT2D eigenvalue weighted by Gasteiger charge is -2.12. The third-order valence-electron chi connectivity index (χ3n) is 4.94. The first-order valence-electron chi connectivity index (χ1n) is 9.79. The molecule has 0 N–H and O–H groups in total. The van der Waals surface area contributed by atoms with Gasteiger partial charge < -0.3 is 4.90 Å². The highest BCUT2D eigenvalue weighted by Crippen LogP contribution is 2.33. The Balaban J connectivity index is 2.09.